The van der Waals surface area contributed by atoms with Gasteiger partial charge in [0.25, 0.3) is 5.91 Å². The monoisotopic (exact) mass is 458 g/mol. The summed E-state index contributed by atoms with van der Waals surface area (Å²) in [5, 5.41) is 2.91. The molecule has 7 heteroatoms. The van der Waals surface area contributed by atoms with Crippen molar-refractivity contribution >= 4 is 45.2 Å². The molecule has 0 spiro atoms. The smallest absolute Gasteiger partial charge is 0.255 e. The van der Waals surface area contributed by atoms with Gasteiger partial charge in [0.2, 0.25) is 0 Å². The number of hydrogen-bond acceptors (Lipinski definition) is 5. The lowest BCUT2D eigenvalue weighted by Crippen LogP contribution is -2.12. The molecule has 1 amide bonds. The summed E-state index contributed by atoms with van der Waals surface area (Å²) in [4.78, 5) is 13.5. The number of carbonyl (C=O) groups is 1. The molecule has 0 radical (unpaired) electrons. The van der Waals surface area contributed by atoms with Crippen molar-refractivity contribution in [2.75, 3.05) is 24.3 Å². The second-order valence-corrected chi connectivity index (χ2v) is 7.56. The van der Waals surface area contributed by atoms with Crippen LogP contribution < -0.4 is 19.5 Å². The number of carbonyl (C=O) groups excluding carboxylic acids is 1. The number of benzene rings is 3. The zero-order valence-electron chi connectivity index (χ0n) is 15.4. The largest absolute Gasteiger partial charge is 0.493 e. The number of nitrogens with one attached hydrogen (secondary N) is 2. The molecule has 0 fully saturated rings. The summed E-state index contributed by atoms with van der Waals surface area (Å²) >= 11 is 4.89. The van der Waals surface area contributed by atoms with Crippen LogP contribution in [0.5, 0.6) is 11.5 Å². The molecule has 0 aliphatic rings. The highest BCUT2D eigenvalue weighted by atomic mass is 79.9. The summed E-state index contributed by atoms with van der Waals surface area (Å²) < 4.78 is 14.8. The van der Waals surface area contributed by atoms with Gasteiger partial charge in [-0.2, -0.15) is 0 Å². The Morgan fingerprint density at radius 1 is 0.893 bits per heavy atom. The molecule has 0 heterocycles. The lowest BCUT2D eigenvalue weighted by atomic mass is 10.2. The lowest BCUT2D eigenvalue weighted by Gasteiger charge is -2.11. The van der Waals surface area contributed by atoms with Gasteiger partial charge in [-0.25, -0.2) is 0 Å². The number of anilines is 2. The van der Waals surface area contributed by atoms with Crippen LogP contribution in [0.4, 0.5) is 11.4 Å². The molecule has 0 saturated carbocycles. The third-order valence-electron chi connectivity index (χ3n) is 3.87. The molecule has 0 saturated heterocycles. The quantitative estimate of drug-likeness (QED) is 0.435. The van der Waals surface area contributed by atoms with E-state index in [4.69, 9.17) is 9.47 Å². The van der Waals surface area contributed by atoms with Crippen LogP contribution in [0.15, 0.2) is 76.1 Å². The molecule has 5 nitrogen and oxygen atoms in total. The van der Waals surface area contributed by atoms with E-state index in [0.717, 1.165) is 15.1 Å². The van der Waals surface area contributed by atoms with Crippen molar-refractivity contribution in [1.82, 2.24) is 0 Å². The number of halogens is 1. The predicted octanol–water partition coefficient (Wildman–Crippen LogP) is 5.84. The van der Waals surface area contributed by atoms with Gasteiger partial charge in [-0.05, 0) is 72.6 Å². The first-order valence-electron chi connectivity index (χ1n) is 8.41. The van der Waals surface area contributed by atoms with Crippen LogP contribution >= 0.6 is 27.9 Å². The fraction of sp³-hybridized carbons (Fsp3) is 0.0952. The Labute approximate surface area is 176 Å². The molecule has 3 rings (SSSR count). The third kappa shape index (κ3) is 5.21. The van der Waals surface area contributed by atoms with Crippen LogP contribution in [-0.2, 0) is 0 Å². The normalized spacial score (nSPS) is 10.2. The molecule has 3 aromatic rings. The van der Waals surface area contributed by atoms with E-state index in [2.05, 4.69) is 26.0 Å². The number of rotatable bonds is 7. The summed E-state index contributed by atoms with van der Waals surface area (Å²) in [6.07, 6.45) is 0. The molecule has 144 valence electrons. The van der Waals surface area contributed by atoms with Crippen molar-refractivity contribution in [2.24, 2.45) is 0 Å². The first-order chi connectivity index (χ1) is 13.6. The van der Waals surface area contributed by atoms with Gasteiger partial charge in [-0.3, -0.25) is 4.79 Å². The molecular formula is C21H19BrN2O3S. The molecule has 3 aromatic carbocycles. The second-order valence-electron chi connectivity index (χ2n) is 5.76. The zero-order valence-corrected chi connectivity index (χ0v) is 17.8. The van der Waals surface area contributed by atoms with E-state index in [-0.39, 0.29) is 5.91 Å². The van der Waals surface area contributed by atoms with Gasteiger partial charge in [0.1, 0.15) is 0 Å². The van der Waals surface area contributed by atoms with E-state index in [1.165, 1.54) is 11.9 Å². The maximum absolute atomic E-state index is 12.6. The van der Waals surface area contributed by atoms with E-state index < -0.39 is 0 Å². The fourth-order valence-corrected chi connectivity index (χ4v) is 3.42. The number of hydrogen-bond donors (Lipinski definition) is 2. The minimum absolute atomic E-state index is 0.219. The van der Waals surface area contributed by atoms with E-state index >= 15 is 0 Å². The Morgan fingerprint density at radius 3 is 2.36 bits per heavy atom. The second kappa shape index (κ2) is 9.52. The molecular weight excluding hydrogens is 440 g/mol. The van der Waals surface area contributed by atoms with Gasteiger partial charge in [-0.15, -0.1) is 0 Å². The maximum Gasteiger partial charge on any atom is 0.255 e. The average Bonchev–Trinajstić information content (AvgIpc) is 2.73. The van der Waals surface area contributed by atoms with E-state index in [0.29, 0.717) is 22.7 Å². The Kier molecular flexibility index (Phi) is 6.84. The average molecular weight is 459 g/mol. The Morgan fingerprint density at radius 2 is 1.64 bits per heavy atom. The lowest BCUT2D eigenvalue weighted by molar-refractivity contribution is 0.102. The maximum atomic E-state index is 12.6. The van der Waals surface area contributed by atoms with E-state index in [9.17, 15) is 4.79 Å². The number of methoxy groups -OCH3 is 2. The zero-order chi connectivity index (χ0) is 19.9. The summed E-state index contributed by atoms with van der Waals surface area (Å²) in [7, 11) is 3.10. The van der Waals surface area contributed by atoms with Gasteiger partial charge in [0, 0.05) is 26.3 Å². The van der Waals surface area contributed by atoms with E-state index in [1.807, 2.05) is 48.5 Å². The minimum Gasteiger partial charge on any atom is -0.493 e. The topological polar surface area (TPSA) is 59.6 Å². The SMILES string of the molecule is COc1ccc(C(=O)Nc2cccc(SNc3ccc(Br)cc3)c2)cc1OC. The van der Waals surface area contributed by atoms with Crippen LogP contribution in [0.1, 0.15) is 10.4 Å². The molecule has 0 aromatic heterocycles. The highest BCUT2D eigenvalue weighted by Gasteiger charge is 2.11. The van der Waals surface area contributed by atoms with Gasteiger partial charge < -0.3 is 19.5 Å². The van der Waals surface area contributed by atoms with Crippen LogP contribution in [0.25, 0.3) is 0 Å². The van der Waals surface area contributed by atoms with Crippen LogP contribution in [0.3, 0.4) is 0 Å². The van der Waals surface area contributed by atoms with Gasteiger partial charge in [0.05, 0.1) is 14.2 Å². The highest BCUT2D eigenvalue weighted by molar-refractivity contribution is 9.10. The fourth-order valence-electron chi connectivity index (χ4n) is 2.45. The van der Waals surface area contributed by atoms with Crippen LogP contribution in [0.2, 0.25) is 0 Å². The summed E-state index contributed by atoms with van der Waals surface area (Å²) in [5.41, 5.74) is 2.19. The predicted molar refractivity (Wildman–Crippen MR) is 118 cm³/mol. The molecule has 0 aliphatic heterocycles. The minimum atomic E-state index is -0.219. The van der Waals surface area contributed by atoms with Gasteiger partial charge in [-0.1, -0.05) is 22.0 Å². The Bertz CT molecular complexity index is 964. The Hall–Kier alpha value is -2.64. The summed E-state index contributed by atoms with van der Waals surface area (Å²) in [5.74, 6) is 0.874. The molecule has 0 unspecified atom stereocenters. The van der Waals surface area contributed by atoms with Crippen molar-refractivity contribution in [2.45, 2.75) is 4.90 Å². The number of ether oxygens (including phenoxy) is 2. The standard InChI is InChI=1S/C21H19BrN2O3S/c1-26-19-11-6-14(12-20(19)27-2)21(25)23-17-4-3-5-18(13-17)28-24-16-9-7-15(22)8-10-16/h3-13,24H,1-2H3,(H,23,25). The van der Waals surface area contributed by atoms with Crippen molar-refractivity contribution in [3.05, 3.63) is 76.8 Å². The highest BCUT2D eigenvalue weighted by Crippen LogP contribution is 2.28. The molecule has 0 aliphatic carbocycles. The van der Waals surface area contributed by atoms with Crippen molar-refractivity contribution < 1.29 is 14.3 Å². The molecule has 28 heavy (non-hydrogen) atoms. The van der Waals surface area contributed by atoms with Crippen molar-refractivity contribution in [3.63, 3.8) is 0 Å². The first-order valence-corrected chi connectivity index (χ1v) is 10.0. The van der Waals surface area contributed by atoms with Crippen LogP contribution in [-0.4, -0.2) is 20.1 Å². The van der Waals surface area contributed by atoms with Gasteiger partial charge in [0.15, 0.2) is 11.5 Å². The van der Waals surface area contributed by atoms with Crippen molar-refractivity contribution in [3.8, 4) is 11.5 Å². The molecule has 0 atom stereocenters. The van der Waals surface area contributed by atoms with Crippen LogP contribution in [0, 0.1) is 0 Å². The first kappa shape index (κ1) is 20.1. The summed E-state index contributed by atoms with van der Waals surface area (Å²) in [6.45, 7) is 0. The number of amides is 1. The van der Waals surface area contributed by atoms with E-state index in [1.54, 1.807) is 32.4 Å². The van der Waals surface area contributed by atoms with Gasteiger partial charge >= 0.3 is 0 Å². The molecule has 2 N–H and O–H groups in total. The molecule has 0 bridgehead atoms. The van der Waals surface area contributed by atoms with Crippen molar-refractivity contribution in [1.29, 1.82) is 0 Å². The third-order valence-corrected chi connectivity index (χ3v) is 5.22. The summed E-state index contributed by atoms with van der Waals surface area (Å²) in [6, 6.07) is 20.6. The Balaban J connectivity index is 1.66.